The van der Waals surface area contributed by atoms with Crippen LogP contribution in [0.25, 0.3) is 11.5 Å². The van der Waals surface area contributed by atoms with Gasteiger partial charge in [0.25, 0.3) is 5.89 Å². The van der Waals surface area contributed by atoms with Gasteiger partial charge in [-0.2, -0.15) is 0 Å². The summed E-state index contributed by atoms with van der Waals surface area (Å²) in [4.78, 5) is 15.6. The minimum atomic E-state index is -0.461. The molecule has 0 amide bonds. The topological polar surface area (TPSA) is 78.1 Å². The van der Waals surface area contributed by atoms with Crippen LogP contribution in [0.1, 0.15) is 16.2 Å². The number of benzene rings is 1. The van der Waals surface area contributed by atoms with Crippen molar-refractivity contribution in [1.82, 2.24) is 15.2 Å². The molecule has 0 spiro atoms. The van der Waals surface area contributed by atoms with Gasteiger partial charge in [0.15, 0.2) is 6.61 Å². The van der Waals surface area contributed by atoms with Crippen LogP contribution in [0.4, 0.5) is 0 Å². The molecule has 0 saturated heterocycles. The minimum Gasteiger partial charge on any atom is -0.452 e. The number of nitrogens with zero attached hydrogens (tertiary/aromatic N) is 3. The smallest absolute Gasteiger partial charge is 0.338 e. The standard InChI is InChI=1S/C15H11N3O3/c19-15(12-6-8-16-9-7-12)20-10-13-17-18-14(21-13)11-4-2-1-3-5-11/h1-9H,10H2. The van der Waals surface area contributed by atoms with Crippen LogP contribution in [-0.4, -0.2) is 21.2 Å². The van der Waals surface area contributed by atoms with Gasteiger partial charge in [0.05, 0.1) is 5.56 Å². The molecule has 0 radical (unpaired) electrons. The molecule has 21 heavy (non-hydrogen) atoms. The summed E-state index contributed by atoms with van der Waals surface area (Å²) in [5.41, 5.74) is 1.24. The van der Waals surface area contributed by atoms with E-state index >= 15 is 0 Å². The fourth-order valence-electron chi connectivity index (χ4n) is 1.71. The monoisotopic (exact) mass is 281 g/mol. The van der Waals surface area contributed by atoms with Gasteiger partial charge in [-0.3, -0.25) is 4.98 Å². The summed E-state index contributed by atoms with van der Waals surface area (Å²) in [7, 11) is 0. The van der Waals surface area contributed by atoms with Crippen LogP contribution in [0.5, 0.6) is 0 Å². The Balaban J connectivity index is 1.64. The Labute approximate surface area is 120 Å². The number of carbonyl (C=O) groups is 1. The molecule has 0 aliphatic heterocycles. The number of ether oxygens (including phenoxy) is 1. The molecule has 0 unspecified atom stereocenters. The maximum Gasteiger partial charge on any atom is 0.338 e. The van der Waals surface area contributed by atoms with E-state index in [1.54, 1.807) is 12.1 Å². The number of pyridine rings is 1. The normalized spacial score (nSPS) is 10.3. The van der Waals surface area contributed by atoms with Gasteiger partial charge in [-0.15, -0.1) is 10.2 Å². The average Bonchev–Trinajstić information content (AvgIpc) is 3.03. The Hall–Kier alpha value is -3.02. The number of aromatic nitrogens is 3. The maximum absolute atomic E-state index is 11.8. The van der Waals surface area contributed by atoms with Gasteiger partial charge in [-0.25, -0.2) is 4.79 Å². The van der Waals surface area contributed by atoms with Gasteiger partial charge in [0, 0.05) is 18.0 Å². The van der Waals surface area contributed by atoms with Crippen molar-refractivity contribution in [3.63, 3.8) is 0 Å². The van der Waals surface area contributed by atoms with E-state index in [2.05, 4.69) is 15.2 Å². The molecule has 2 aromatic heterocycles. The van der Waals surface area contributed by atoms with Crippen molar-refractivity contribution in [2.24, 2.45) is 0 Å². The molecule has 0 saturated carbocycles. The molecule has 0 bridgehead atoms. The first-order valence-electron chi connectivity index (χ1n) is 6.28. The second-order valence-corrected chi connectivity index (χ2v) is 4.18. The van der Waals surface area contributed by atoms with E-state index in [0.717, 1.165) is 5.56 Å². The van der Waals surface area contributed by atoms with E-state index in [1.165, 1.54) is 12.4 Å². The molecular formula is C15H11N3O3. The second kappa shape index (κ2) is 5.96. The van der Waals surface area contributed by atoms with Gasteiger partial charge < -0.3 is 9.15 Å². The van der Waals surface area contributed by atoms with Crippen LogP contribution < -0.4 is 0 Å². The Morgan fingerprint density at radius 1 is 1.05 bits per heavy atom. The third kappa shape index (κ3) is 3.11. The van der Waals surface area contributed by atoms with E-state index in [4.69, 9.17) is 9.15 Å². The highest BCUT2D eigenvalue weighted by atomic mass is 16.5. The van der Waals surface area contributed by atoms with E-state index in [-0.39, 0.29) is 12.5 Å². The van der Waals surface area contributed by atoms with E-state index in [0.29, 0.717) is 11.5 Å². The zero-order valence-electron chi connectivity index (χ0n) is 11.0. The number of carbonyl (C=O) groups excluding carboxylic acids is 1. The highest BCUT2D eigenvalue weighted by molar-refractivity contribution is 5.89. The van der Waals surface area contributed by atoms with Crippen molar-refractivity contribution < 1.29 is 13.9 Å². The van der Waals surface area contributed by atoms with E-state index < -0.39 is 5.97 Å². The van der Waals surface area contributed by atoms with Gasteiger partial charge in [0.1, 0.15) is 0 Å². The SMILES string of the molecule is O=C(OCc1nnc(-c2ccccc2)o1)c1ccncc1. The molecule has 104 valence electrons. The first-order chi connectivity index (χ1) is 10.3. The second-order valence-electron chi connectivity index (χ2n) is 4.18. The summed E-state index contributed by atoms with van der Waals surface area (Å²) in [6, 6.07) is 12.5. The van der Waals surface area contributed by atoms with Crippen molar-refractivity contribution in [2.45, 2.75) is 6.61 Å². The fourth-order valence-corrected chi connectivity index (χ4v) is 1.71. The predicted molar refractivity (Wildman–Crippen MR) is 73.1 cm³/mol. The highest BCUT2D eigenvalue weighted by Gasteiger charge is 2.11. The van der Waals surface area contributed by atoms with Crippen molar-refractivity contribution >= 4 is 5.97 Å². The Bertz CT molecular complexity index is 726. The third-order valence-corrected chi connectivity index (χ3v) is 2.73. The van der Waals surface area contributed by atoms with Gasteiger partial charge in [0.2, 0.25) is 5.89 Å². The van der Waals surface area contributed by atoms with Crippen LogP contribution in [0.15, 0.2) is 59.3 Å². The van der Waals surface area contributed by atoms with Crippen molar-refractivity contribution in [2.75, 3.05) is 0 Å². The molecule has 3 rings (SSSR count). The Morgan fingerprint density at radius 2 is 1.81 bits per heavy atom. The minimum absolute atomic E-state index is 0.0685. The summed E-state index contributed by atoms with van der Waals surface area (Å²) < 4.78 is 10.5. The van der Waals surface area contributed by atoms with Crippen LogP contribution in [0, 0.1) is 0 Å². The number of rotatable bonds is 4. The lowest BCUT2D eigenvalue weighted by Gasteiger charge is -2.00. The number of hydrogen-bond acceptors (Lipinski definition) is 6. The molecule has 0 N–H and O–H groups in total. The van der Waals surface area contributed by atoms with Gasteiger partial charge >= 0.3 is 5.97 Å². The van der Waals surface area contributed by atoms with Gasteiger partial charge in [-0.1, -0.05) is 18.2 Å². The van der Waals surface area contributed by atoms with Crippen LogP contribution in [-0.2, 0) is 11.3 Å². The van der Waals surface area contributed by atoms with Crippen molar-refractivity contribution in [3.8, 4) is 11.5 Å². The quantitative estimate of drug-likeness (QED) is 0.684. The molecule has 0 aliphatic carbocycles. The first kappa shape index (κ1) is 13.0. The Kier molecular flexibility index (Phi) is 3.68. The van der Waals surface area contributed by atoms with Crippen LogP contribution in [0.3, 0.4) is 0 Å². The van der Waals surface area contributed by atoms with Crippen molar-refractivity contribution in [1.29, 1.82) is 0 Å². The molecule has 6 nitrogen and oxygen atoms in total. The fraction of sp³-hybridized carbons (Fsp3) is 0.0667. The first-order valence-corrected chi connectivity index (χ1v) is 6.28. The molecule has 1 aromatic carbocycles. The summed E-state index contributed by atoms with van der Waals surface area (Å²) in [6.45, 7) is -0.0685. The van der Waals surface area contributed by atoms with Crippen LogP contribution in [0.2, 0.25) is 0 Å². The largest absolute Gasteiger partial charge is 0.452 e. The lowest BCUT2D eigenvalue weighted by molar-refractivity contribution is 0.0438. The van der Waals surface area contributed by atoms with E-state index in [1.807, 2.05) is 30.3 Å². The maximum atomic E-state index is 11.8. The third-order valence-electron chi connectivity index (χ3n) is 2.73. The van der Waals surface area contributed by atoms with Gasteiger partial charge in [-0.05, 0) is 24.3 Å². The predicted octanol–water partition coefficient (Wildman–Crippen LogP) is 2.49. The average molecular weight is 281 g/mol. The summed E-state index contributed by atoms with van der Waals surface area (Å²) in [5.74, 6) is 0.179. The molecular weight excluding hydrogens is 270 g/mol. The van der Waals surface area contributed by atoms with Crippen LogP contribution >= 0.6 is 0 Å². The van der Waals surface area contributed by atoms with Crippen molar-refractivity contribution in [3.05, 3.63) is 66.3 Å². The molecule has 0 fully saturated rings. The summed E-state index contributed by atoms with van der Waals surface area (Å²) >= 11 is 0. The lowest BCUT2D eigenvalue weighted by atomic mass is 10.2. The van der Waals surface area contributed by atoms with E-state index in [9.17, 15) is 4.79 Å². The zero-order valence-corrected chi connectivity index (χ0v) is 11.0. The zero-order chi connectivity index (χ0) is 14.5. The molecule has 3 aromatic rings. The highest BCUT2D eigenvalue weighted by Crippen LogP contribution is 2.17. The molecule has 2 heterocycles. The molecule has 0 aliphatic rings. The summed E-state index contributed by atoms with van der Waals surface area (Å²) in [6.07, 6.45) is 3.05. The lowest BCUT2D eigenvalue weighted by Crippen LogP contribution is -2.05. The summed E-state index contributed by atoms with van der Waals surface area (Å²) in [5, 5.41) is 7.77. The number of esters is 1. The number of hydrogen-bond donors (Lipinski definition) is 0. The molecule has 6 heteroatoms. The Morgan fingerprint density at radius 3 is 2.57 bits per heavy atom. The molecule has 0 atom stereocenters.